The maximum atomic E-state index is 8.74. The Kier molecular flexibility index (Phi) is 5.82. The number of nitrogen functional groups attached to an aromatic ring is 2. The second-order valence-electron chi connectivity index (χ2n) is 3.92. The van der Waals surface area contributed by atoms with E-state index in [0.717, 1.165) is 11.1 Å². The summed E-state index contributed by atoms with van der Waals surface area (Å²) in [5, 5.41) is 1.07. The molecule has 0 atom stereocenters. The minimum atomic E-state index is -4.67. The third-order valence-corrected chi connectivity index (χ3v) is 2.99. The van der Waals surface area contributed by atoms with Crippen LogP contribution in [0.3, 0.4) is 0 Å². The largest absolute Gasteiger partial charge is 0.398 e. The number of nitrogens with two attached hydrogens (primary N) is 2. The molecule has 9 heteroatoms. The van der Waals surface area contributed by atoms with Crippen molar-refractivity contribution < 1.29 is 17.5 Å². The number of halogens is 2. The molecule has 0 aliphatic rings. The van der Waals surface area contributed by atoms with E-state index in [1.807, 2.05) is 12.1 Å². The lowest BCUT2D eigenvalue weighted by Crippen LogP contribution is -1.89. The van der Waals surface area contributed by atoms with Gasteiger partial charge in [0.1, 0.15) is 0 Å². The van der Waals surface area contributed by atoms with Crippen molar-refractivity contribution in [1.82, 2.24) is 0 Å². The Morgan fingerprint density at radius 1 is 0.810 bits per heavy atom. The Morgan fingerprint density at radius 2 is 1.10 bits per heavy atom. The van der Waals surface area contributed by atoms with E-state index >= 15 is 0 Å². The fourth-order valence-corrected chi connectivity index (χ4v) is 1.77. The zero-order valence-corrected chi connectivity index (χ0v) is 12.8. The van der Waals surface area contributed by atoms with E-state index in [2.05, 4.69) is 0 Å². The summed E-state index contributed by atoms with van der Waals surface area (Å²) < 4.78 is 31.6. The van der Waals surface area contributed by atoms with E-state index in [0.29, 0.717) is 21.4 Å². The van der Waals surface area contributed by atoms with Gasteiger partial charge in [0.15, 0.2) is 0 Å². The van der Waals surface area contributed by atoms with E-state index in [9.17, 15) is 0 Å². The van der Waals surface area contributed by atoms with E-state index in [4.69, 9.17) is 52.2 Å². The summed E-state index contributed by atoms with van der Waals surface area (Å²) in [5.74, 6) is 0. The zero-order chi connectivity index (χ0) is 16.2. The highest BCUT2D eigenvalue weighted by Gasteiger charge is 2.03. The average molecular weight is 351 g/mol. The first-order valence-electron chi connectivity index (χ1n) is 5.38. The van der Waals surface area contributed by atoms with Crippen LogP contribution in [0.5, 0.6) is 0 Å². The van der Waals surface area contributed by atoms with Crippen molar-refractivity contribution in [2.45, 2.75) is 0 Å². The van der Waals surface area contributed by atoms with Crippen LogP contribution < -0.4 is 11.5 Å². The SMILES string of the molecule is Nc1ccc(-c2ccc(N)c(Cl)c2)cc1Cl.O=S(=O)(O)O. The van der Waals surface area contributed by atoms with Gasteiger partial charge in [0.05, 0.1) is 21.4 Å². The summed E-state index contributed by atoms with van der Waals surface area (Å²) in [7, 11) is -4.67. The smallest absolute Gasteiger partial charge is 0.394 e. The molecule has 0 bridgehead atoms. The molecule has 0 fully saturated rings. The molecule has 2 rings (SSSR count). The van der Waals surface area contributed by atoms with Gasteiger partial charge < -0.3 is 11.5 Å². The van der Waals surface area contributed by atoms with Crippen LogP contribution in [-0.2, 0) is 10.4 Å². The molecule has 0 spiro atoms. The minimum Gasteiger partial charge on any atom is -0.398 e. The first-order chi connectivity index (χ1) is 9.58. The molecular formula is C12H12Cl2N2O4S. The molecule has 2 aromatic carbocycles. The van der Waals surface area contributed by atoms with E-state index in [1.54, 1.807) is 24.3 Å². The van der Waals surface area contributed by atoms with Crippen LogP contribution in [0.2, 0.25) is 10.0 Å². The Hall–Kier alpha value is -1.51. The van der Waals surface area contributed by atoms with Gasteiger partial charge in [-0.1, -0.05) is 35.3 Å². The van der Waals surface area contributed by atoms with Crippen LogP contribution in [-0.4, -0.2) is 17.5 Å². The second kappa shape index (κ2) is 6.97. The van der Waals surface area contributed by atoms with Crippen LogP contribution in [0.1, 0.15) is 0 Å². The highest BCUT2D eigenvalue weighted by molar-refractivity contribution is 7.79. The van der Waals surface area contributed by atoms with E-state index in [-0.39, 0.29) is 0 Å². The topological polar surface area (TPSA) is 127 Å². The Balaban J connectivity index is 0.000000383. The highest BCUT2D eigenvalue weighted by atomic mass is 35.5. The molecule has 2 aromatic rings. The summed E-state index contributed by atoms with van der Waals surface area (Å²) in [5.41, 5.74) is 14.3. The van der Waals surface area contributed by atoms with Crippen molar-refractivity contribution in [1.29, 1.82) is 0 Å². The van der Waals surface area contributed by atoms with Crippen LogP contribution in [0.25, 0.3) is 11.1 Å². The number of benzene rings is 2. The number of hydrogen-bond acceptors (Lipinski definition) is 4. The lowest BCUT2D eigenvalue weighted by atomic mass is 10.1. The molecule has 0 aliphatic heterocycles. The molecule has 0 unspecified atom stereocenters. The maximum Gasteiger partial charge on any atom is 0.394 e. The molecule has 0 saturated carbocycles. The van der Waals surface area contributed by atoms with Gasteiger partial charge >= 0.3 is 10.4 Å². The number of rotatable bonds is 1. The predicted molar refractivity (Wildman–Crippen MR) is 84.9 cm³/mol. The molecule has 0 aromatic heterocycles. The summed E-state index contributed by atoms with van der Waals surface area (Å²) >= 11 is 11.9. The average Bonchev–Trinajstić information content (AvgIpc) is 2.34. The van der Waals surface area contributed by atoms with Crippen molar-refractivity contribution in [3.05, 3.63) is 46.4 Å². The Labute approximate surface area is 131 Å². The molecular weight excluding hydrogens is 339 g/mol. The fraction of sp³-hybridized carbons (Fsp3) is 0. The van der Waals surface area contributed by atoms with Gasteiger partial charge in [-0.15, -0.1) is 0 Å². The standard InChI is InChI=1S/C12H10Cl2N2.H2O4S/c13-9-5-7(1-3-11(9)15)8-2-4-12(16)10(14)6-8;1-5(2,3)4/h1-6H,15-16H2;(H2,1,2,3,4). The summed E-state index contributed by atoms with van der Waals surface area (Å²) in [4.78, 5) is 0. The maximum absolute atomic E-state index is 8.74. The van der Waals surface area contributed by atoms with Crippen LogP contribution in [0.4, 0.5) is 11.4 Å². The van der Waals surface area contributed by atoms with Crippen LogP contribution >= 0.6 is 23.2 Å². The van der Waals surface area contributed by atoms with Gasteiger partial charge in [-0.3, -0.25) is 9.11 Å². The Bertz CT molecular complexity index is 693. The van der Waals surface area contributed by atoms with Crippen molar-refractivity contribution in [2.24, 2.45) is 0 Å². The summed E-state index contributed by atoms with van der Waals surface area (Å²) in [6.45, 7) is 0. The molecule has 6 nitrogen and oxygen atoms in total. The molecule has 0 radical (unpaired) electrons. The van der Waals surface area contributed by atoms with Crippen molar-refractivity contribution >= 4 is 45.0 Å². The van der Waals surface area contributed by atoms with Crippen molar-refractivity contribution in [3.63, 3.8) is 0 Å². The van der Waals surface area contributed by atoms with Gasteiger partial charge in [0.2, 0.25) is 0 Å². The number of hydrogen-bond donors (Lipinski definition) is 4. The molecule has 21 heavy (non-hydrogen) atoms. The molecule has 0 aliphatic carbocycles. The van der Waals surface area contributed by atoms with E-state index < -0.39 is 10.4 Å². The van der Waals surface area contributed by atoms with Gasteiger partial charge in [-0.05, 0) is 35.4 Å². The Morgan fingerprint density at radius 3 is 1.33 bits per heavy atom. The lowest BCUT2D eigenvalue weighted by molar-refractivity contribution is 0.381. The lowest BCUT2D eigenvalue weighted by Gasteiger charge is -2.06. The third-order valence-electron chi connectivity index (χ3n) is 2.33. The minimum absolute atomic E-state index is 0.533. The van der Waals surface area contributed by atoms with Crippen LogP contribution in [0.15, 0.2) is 36.4 Å². The third kappa shape index (κ3) is 6.19. The predicted octanol–water partition coefficient (Wildman–Crippen LogP) is 3.17. The van der Waals surface area contributed by atoms with Crippen molar-refractivity contribution in [3.8, 4) is 11.1 Å². The molecule has 114 valence electrons. The summed E-state index contributed by atoms with van der Waals surface area (Å²) in [6, 6.07) is 10.9. The quantitative estimate of drug-likeness (QED) is 0.462. The molecule has 0 amide bonds. The second-order valence-corrected chi connectivity index (χ2v) is 5.63. The van der Waals surface area contributed by atoms with Crippen LogP contribution in [0, 0.1) is 0 Å². The monoisotopic (exact) mass is 350 g/mol. The van der Waals surface area contributed by atoms with Gasteiger partial charge in [-0.2, -0.15) is 8.42 Å². The molecule has 0 heterocycles. The molecule has 6 N–H and O–H groups in total. The zero-order valence-electron chi connectivity index (χ0n) is 10.5. The van der Waals surface area contributed by atoms with E-state index in [1.165, 1.54) is 0 Å². The first-order valence-corrected chi connectivity index (χ1v) is 7.53. The van der Waals surface area contributed by atoms with Gasteiger partial charge in [0.25, 0.3) is 0 Å². The van der Waals surface area contributed by atoms with Gasteiger partial charge in [0, 0.05) is 0 Å². The summed E-state index contributed by atoms with van der Waals surface area (Å²) in [6.07, 6.45) is 0. The highest BCUT2D eigenvalue weighted by Crippen LogP contribution is 2.30. The molecule has 0 saturated heterocycles. The first kappa shape index (κ1) is 17.5. The fourth-order valence-electron chi connectivity index (χ4n) is 1.41. The number of anilines is 2. The van der Waals surface area contributed by atoms with Gasteiger partial charge in [-0.25, -0.2) is 0 Å². The van der Waals surface area contributed by atoms with Crippen molar-refractivity contribution in [2.75, 3.05) is 11.5 Å². The normalized spacial score (nSPS) is 10.7.